The van der Waals surface area contributed by atoms with Crippen molar-refractivity contribution in [1.29, 1.82) is 0 Å². The molecule has 1 aromatic heterocycles. The summed E-state index contributed by atoms with van der Waals surface area (Å²) in [6.45, 7) is 8.99. The number of fused-ring (bicyclic) bond motifs is 1. The molecule has 11 heteroatoms. The van der Waals surface area contributed by atoms with Gasteiger partial charge in [-0.25, -0.2) is 9.18 Å². The molecule has 1 aliphatic heterocycles. The fourth-order valence-corrected chi connectivity index (χ4v) is 5.98. The molecule has 0 amide bonds. The molecule has 0 saturated carbocycles. The number of hydrogen-bond acceptors (Lipinski definition) is 6. The van der Waals surface area contributed by atoms with E-state index < -0.39 is 0 Å². The van der Waals surface area contributed by atoms with Crippen molar-refractivity contribution in [2.45, 2.75) is 37.6 Å². The summed E-state index contributed by atoms with van der Waals surface area (Å²) in [4.78, 5) is 18.9. The number of aryl methyl sites for hydroxylation is 1. The van der Waals surface area contributed by atoms with Gasteiger partial charge in [-0.2, -0.15) is 0 Å². The minimum Gasteiger partial charge on any atom is -0.506 e. The van der Waals surface area contributed by atoms with Crippen molar-refractivity contribution in [3.63, 3.8) is 0 Å². The summed E-state index contributed by atoms with van der Waals surface area (Å²) in [6.07, 6.45) is 0. The number of aromatic nitrogens is 1. The molecule has 37 heavy (non-hydrogen) atoms. The molecule has 0 radical (unpaired) electrons. The lowest BCUT2D eigenvalue weighted by Crippen LogP contribution is -2.43. The van der Waals surface area contributed by atoms with Crippen LogP contribution in [0, 0.1) is 5.82 Å². The normalized spacial score (nSPS) is 14.3. The number of likely N-dealkylation sites (N-methyl/N-ethyl adjacent to an activating group) is 1. The zero-order chi connectivity index (χ0) is 25.1. The molecule has 0 spiro atoms. The summed E-state index contributed by atoms with van der Waals surface area (Å²) < 4.78 is 21.6. The molecule has 6 nitrogen and oxygen atoms in total. The van der Waals surface area contributed by atoms with Crippen molar-refractivity contribution >= 4 is 69.4 Å². The van der Waals surface area contributed by atoms with Gasteiger partial charge in [0.2, 0.25) is 0 Å². The van der Waals surface area contributed by atoms with Gasteiger partial charge in [0, 0.05) is 66.6 Å². The summed E-state index contributed by atoms with van der Waals surface area (Å²) in [5.41, 5.74) is 2.97. The number of thioether (sulfide) groups is 1. The third-order valence-electron chi connectivity index (χ3n) is 6.45. The Morgan fingerprint density at radius 2 is 1.78 bits per heavy atom. The standard InChI is InChI=1S/C26H31BrFN3O3S.2ClH/c1-4-31-21-14-20(27)25(32)19(15-30-12-10-29(3)11-13-30)23(21)24(26(33)34-5-2)22(31)16-35-18-8-6-17(28)7-9-18;;/h6-9,14,32H,4-5,10-13,15-16H2,1-3H3;2*1H. The second-order valence-electron chi connectivity index (χ2n) is 8.69. The number of nitrogens with zero attached hydrogens (tertiary/aromatic N) is 3. The van der Waals surface area contributed by atoms with Gasteiger partial charge in [0.05, 0.1) is 22.2 Å². The van der Waals surface area contributed by atoms with Gasteiger partial charge in [-0.1, -0.05) is 0 Å². The van der Waals surface area contributed by atoms with Gasteiger partial charge in [0.1, 0.15) is 11.6 Å². The van der Waals surface area contributed by atoms with E-state index in [0.29, 0.717) is 28.9 Å². The van der Waals surface area contributed by atoms with E-state index >= 15 is 0 Å². The third-order valence-corrected chi connectivity index (χ3v) is 8.08. The number of halogens is 4. The lowest BCUT2D eigenvalue weighted by molar-refractivity contribution is 0.0527. The number of phenols is 1. The van der Waals surface area contributed by atoms with Crippen LogP contribution in [-0.4, -0.2) is 65.3 Å². The first kappa shape index (κ1) is 31.7. The Kier molecular flexibility index (Phi) is 12.1. The van der Waals surface area contributed by atoms with E-state index in [1.54, 1.807) is 30.8 Å². The summed E-state index contributed by atoms with van der Waals surface area (Å²) in [5, 5.41) is 11.9. The van der Waals surface area contributed by atoms with Crippen LogP contribution in [0.15, 0.2) is 39.7 Å². The molecule has 2 heterocycles. The van der Waals surface area contributed by atoms with Gasteiger partial charge in [0.25, 0.3) is 0 Å². The Bertz CT molecular complexity index is 1220. The molecular weight excluding hydrogens is 604 g/mol. The number of benzene rings is 2. The molecule has 0 unspecified atom stereocenters. The fourth-order valence-electron chi connectivity index (χ4n) is 4.59. The number of hydrogen-bond donors (Lipinski definition) is 1. The Labute approximate surface area is 242 Å². The highest BCUT2D eigenvalue weighted by Gasteiger charge is 2.29. The van der Waals surface area contributed by atoms with E-state index in [9.17, 15) is 14.3 Å². The molecule has 0 bridgehead atoms. The first-order valence-electron chi connectivity index (χ1n) is 11.9. The molecule has 0 aliphatic carbocycles. The maximum atomic E-state index is 13.4. The van der Waals surface area contributed by atoms with Crippen LogP contribution in [0.25, 0.3) is 10.9 Å². The summed E-state index contributed by atoms with van der Waals surface area (Å²) in [6, 6.07) is 8.24. The van der Waals surface area contributed by atoms with E-state index in [4.69, 9.17) is 4.74 Å². The van der Waals surface area contributed by atoms with Crippen LogP contribution in [-0.2, 0) is 23.6 Å². The number of esters is 1. The van der Waals surface area contributed by atoms with Crippen LogP contribution in [0.2, 0.25) is 0 Å². The Balaban J connectivity index is 0.00000241. The maximum Gasteiger partial charge on any atom is 0.340 e. The number of carbonyl (C=O) groups excluding carboxylic acids is 1. The number of ether oxygens (including phenoxy) is 1. The highest BCUT2D eigenvalue weighted by Crippen LogP contribution is 2.41. The molecule has 4 rings (SSSR count). The van der Waals surface area contributed by atoms with Crippen LogP contribution in [0.3, 0.4) is 0 Å². The van der Waals surface area contributed by atoms with Crippen LogP contribution >= 0.6 is 52.5 Å². The van der Waals surface area contributed by atoms with Crippen molar-refractivity contribution in [1.82, 2.24) is 14.4 Å². The summed E-state index contributed by atoms with van der Waals surface area (Å²) in [7, 11) is 2.11. The van der Waals surface area contributed by atoms with E-state index in [1.165, 1.54) is 12.1 Å². The van der Waals surface area contributed by atoms with Crippen LogP contribution in [0.5, 0.6) is 5.75 Å². The molecular formula is C26H33BrCl2FN3O3S. The van der Waals surface area contributed by atoms with E-state index in [2.05, 4.69) is 37.3 Å². The highest BCUT2D eigenvalue weighted by atomic mass is 79.9. The summed E-state index contributed by atoms with van der Waals surface area (Å²) >= 11 is 5.08. The van der Waals surface area contributed by atoms with Crippen LogP contribution in [0.1, 0.15) is 35.5 Å². The number of piperazine rings is 1. The van der Waals surface area contributed by atoms with Gasteiger partial charge in [0.15, 0.2) is 0 Å². The van der Waals surface area contributed by atoms with Crippen molar-refractivity contribution in [2.75, 3.05) is 39.8 Å². The van der Waals surface area contributed by atoms with Crippen LogP contribution in [0.4, 0.5) is 4.39 Å². The van der Waals surface area contributed by atoms with E-state index in [1.807, 2.05) is 13.0 Å². The number of aromatic hydroxyl groups is 1. The zero-order valence-corrected chi connectivity index (χ0v) is 25.2. The molecule has 1 N–H and O–H groups in total. The Morgan fingerprint density at radius 3 is 2.38 bits per heavy atom. The second-order valence-corrected chi connectivity index (χ2v) is 10.6. The monoisotopic (exact) mass is 635 g/mol. The van der Waals surface area contributed by atoms with Gasteiger partial charge < -0.3 is 19.3 Å². The fraction of sp³-hybridized carbons (Fsp3) is 0.423. The average Bonchev–Trinajstić information content (AvgIpc) is 3.15. The van der Waals surface area contributed by atoms with Crippen molar-refractivity contribution in [2.24, 2.45) is 0 Å². The quantitative estimate of drug-likeness (QED) is 0.230. The summed E-state index contributed by atoms with van der Waals surface area (Å²) in [5.74, 6) is 0.000998. The smallest absolute Gasteiger partial charge is 0.340 e. The minimum absolute atomic E-state index is 0. The molecule has 0 atom stereocenters. The van der Waals surface area contributed by atoms with Gasteiger partial charge in [-0.15, -0.1) is 36.6 Å². The first-order valence-corrected chi connectivity index (χ1v) is 13.6. The predicted molar refractivity (Wildman–Crippen MR) is 156 cm³/mol. The predicted octanol–water partition coefficient (Wildman–Crippen LogP) is 6.33. The van der Waals surface area contributed by atoms with E-state index in [0.717, 1.165) is 53.2 Å². The molecule has 1 aliphatic rings. The minimum atomic E-state index is -0.388. The topological polar surface area (TPSA) is 57.9 Å². The highest BCUT2D eigenvalue weighted by molar-refractivity contribution is 9.10. The zero-order valence-electron chi connectivity index (χ0n) is 21.1. The van der Waals surface area contributed by atoms with Gasteiger partial charge in [-0.3, -0.25) is 4.90 Å². The molecule has 3 aromatic rings. The third kappa shape index (κ3) is 6.94. The van der Waals surface area contributed by atoms with Crippen molar-refractivity contribution in [3.05, 3.63) is 57.4 Å². The SMILES string of the molecule is CCOC(=O)c1c(CSc2ccc(F)cc2)n(CC)c2cc(Br)c(O)c(CN3CCN(C)CC3)c12.Cl.Cl. The number of phenolic OH excluding ortho intramolecular Hbond substituents is 1. The average molecular weight is 637 g/mol. The molecule has 2 aromatic carbocycles. The van der Waals surface area contributed by atoms with Gasteiger partial charge in [-0.05, 0) is 67.2 Å². The first-order chi connectivity index (χ1) is 16.8. The Hall–Kier alpha value is -1.49. The molecule has 1 fully saturated rings. The number of carbonyl (C=O) groups is 1. The lowest BCUT2D eigenvalue weighted by Gasteiger charge is -2.32. The van der Waals surface area contributed by atoms with Crippen molar-refractivity contribution < 1.29 is 19.0 Å². The van der Waals surface area contributed by atoms with Crippen LogP contribution < -0.4 is 0 Å². The maximum absolute atomic E-state index is 13.4. The molecule has 1 saturated heterocycles. The lowest BCUT2D eigenvalue weighted by atomic mass is 10.0. The molecule has 204 valence electrons. The Morgan fingerprint density at radius 1 is 1.14 bits per heavy atom. The number of rotatable bonds is 8. The van der Waals surface area contributed by atoms with Gasteiger partial charge >= 0.3 is 5.97 Å². The van der Waals surface area contributed by atoms with E-state index in [-0.39, 0.29) is 49.0 Å². The largest absolute Gasteiger partial charge is 0.506 e. The second kappa shape index (κ2) is 14.1. The van der Waals surface area contributed by atoms with Crippen molar-refractivity contribution in [3.8, 4) is 5.75 Å².